The number of alkyl halides is 3. The molecule has 34 heavy (non-hydrogen) atoms. The molecule has 0 fully saturated rings. The Morgan fingerprint density at radius 3 is 1.97 bits per heavy atom. The summed E-state index contributed by atoms with van der Waals surface area (Å²) in [5.41, 5.74) is 3.17. The van der Waals surface area contributed by atoms with Gasteiger partial charge in [-0.05, 0) is 60.6 Å². The van der Waals surface area contributed by atoms with E-state index in [1.807, 2.05) is 60.7 Å². The molecule has 3 N–H and O–H groups in total. The lowest BCUT2D eigenvalue weighted by Gasteiger charge is -2.27. The van der Waals surface area contributed by atoms with Crippen molar-refractivity contribution in [1.29, 1.82) is 0 Å². The summed E-state index contributed by atoms with van der Waals surface area (Å²) in [7, 11) is 0. The third kappa shape index (κ3) is 8.91. The molecular formula is C24H22Cl3N5OS. The van der Waals surface area contributed by atoms with E-state index in [4.69, 9.17) is 47.0 Å². The van der Waals surface area contributed by atoms with Crippen LogP contribution in [0.25, 0.3) is 0 Å². The summed E-state index contributed by atoms with van der Waals surface area (Å²) in [6, 6.07) is 26.2. The van der Waals surface area contributed by atoms with Crippen LogP contribution >= 0.6 is 47.0 Å². The number of anilines is 1. The number of thiocarbonyl (C=S) groups is 1. The van der Waals surface area contributed by atoms with Gasteiger partial charge in [0, 0.05) is 12.1 Å². The number of rotatable bonds is 8. The summed E-state index contributed by atoms with van der Waals surface area (Å²) in [6.07, 6.45) is -0.224. The maximum Gasteiger partial charge on any atom is 0.228 e. The van der Waals surface area contributed by atoms with Crippen LogP contribution in [0.1, 0.15) is 12.0 Å². The summed E-state index contributed by atoms with van der Waals surface area (Å²) in [5.74, 6) is -0.274. The van der Waals surface area contributed by atoms with E-state index in [0.29, 0.717) is 17.8 Å². The number of hydrogen-bond donors (Lipinski definition) is 3. The zero-order valence-corrected chi connectivity index (χ0v) is 21.0. The summed E-state index contributed by atoms with van der Waals surface area (Å²) in [4.78, 5) is 12.4. The van der Waals surface area contributed by atoms with Crippen molar-refractivity contribution < 1.29 is 4.79 Å². The number of nitrogens with zero attached hydrogens (tertiary/aromatic N) is 2. The lowest BCUT2D eigenvalue weighted by molar-refractivity contribution is -0.121. The van der Waals surface area contributed by atoms with Crippen molar-refractivity contribution in [3.8, 4) is 0 Å². The minimum atomic E-state index is -1.82. The van der Waals surface area contributed by atoms with Gasteiger partial charge in [0.05, 0.1) is 11.4 Å². The number of benzene rings is 3. The van der Waals surface area contributed by atoms with Crippen LogP contribution in [0.15, 0.2) is 95.2 Å². The fourth-order valence-electron chi connectivity index (χ4n) is 2.86. The molecular weight excluding hydrogens is 513 g/mol. The van der Waals surface area contributed by atoms with Crippen LogP contribution in [-0.2, 0) is 11.2 Å². The highest BCUT2D eigenvalue weighted by Crippen LogP contribution is 2.29. The van der Waals surface area contributed by atoms with Gasteiger partial charge >= 0.3 is 0 Å². The number of halogens is 3. The van der Waals surface area contributed by atoms with Gasteiger partial charge in [0.15, 0.2) is 5.11 Å². The van der Waals surface area contributed by atoms with Gasteiger partial charge in [0.2, 0.25) is 9.70 Å². The maximum atomic E-state index is 12.4. The Labute approximate surface area is 218 Å². The van der Waals surface area contributed by atoms with Crippen LogP contribution in [0.5, 0.6) is 0 Å². The molecule has 3 rings (SSSR count). The van der Waals surface area contributed by atoms with Crippen LogP contribution in [0, 0.1) is 0 Å². The highest BCUT2D eigenvalue weighted by Gasteiger charge is 2.34. The predicted molar refractivity (Wildman–Crippen MR) is 143 cm³/mol. The van der Waals surface area contributed by atoms with E-state index in [0.717, 1.165) is 11.3 Å². The van der Waals surface area contributed by atoms with E-state index < -0.39 is 9.96 Å². The molecule has 0 heterocycles. The fraction of sp³-hybridized carbons (Fsp3) is 0.167. The normalized spacial score (nSPS) is 12.2. The summed E-state index contributed by atoms with van der Waals surface area (Å²) >= 11 is 23.5. The average molecular weight is 535 g/mol. The third-order valence-electron chi connectivity index (χ3n) is 4.55. The molecule has 0 saturated carbocycles. The van der Waals surface area contributed by atoms with Crippen LogP contribution in [0.3, 0.4) is 0 Å². The van der Waals surface area contributed by atoms with Gasteiger partial charge in [0.1, 0.15) is 6.17 Å². The van der Waals surface area contributed by atoms with E-state index in [1.54, 1.807) is 24.3 Å². The molecule has 0 saturated heterocycles. The quantitative estimate of drug-likeness (QED) is 0.128. The Hall–Kier alpha value is -2.71. The minimum Gasteiger partial charge on any atom is -0.339 e. The smallest absolute Gasteiger partial charge is 0.228 e. The Balaban J connectivity index is 1.53. The molecule has 1 amide bonds. The predicted octanol–water partition coefficient (Wildman–Crippen LogP) is 6.83. The van der Waals surface area contributed by atoms with Crippen molar-refractivity contribution >= 4 is 75.1 Å². The Bertz CT molecular complexity index is 1110. The standard InChI is InChI=1S/C24H22Cl3N5OS/c25-24(26,27)22(29-21(33)16-11-17-7-3-1-4-8-17)30-23(34)28-18-12-14-20(15-13-18)32-31-19-9-5-2-6-10-19/h1-10,12-15,22H,11,16H2,(H,29,33)(H2,28,30,34)/t22-/m1/s1. The fourth-order valence-corrected chi connectivity index (χ4v) is 3.42. The molecule has 0 spiro atoms. The maximum absolute atomic E-state index is 12.4. The molecule has 6 nitrogen and oxygen atoms in total. The molecule has 0 unspecified atom stereocenters. The second kappa shape index (κ2) is 12.7. The molecule has 10 heteroatoms. The number of azo groups is 1. The van der Waals surface area contributed by atoms with E-state index in [2.05, 4.69) is 26.2 Å². The first kappa shape index (κ1) is 25.9. The van der Waals surface area contributed by atoms with Gasteiger partial charge in [-0.15, -0.1) is 0 Å². The average Bonchev–Trinajstić information content (AvgIpc) is 2.82. The molecule has 3 aromatic carbocycles. The number of amides is 1. The van der Waals surface area contributed by atoms with Crippen molar-refractivity contribution in [2.24, 2.45) is 10.2 Å². The Kier molecular flexibility index (Phi) is 9.65. The third-order valence-corrected chi connectivity index (χ3v) is 5.43. The largest absolute Gasteiger partial charge is 0.339 e. The molecule has 0 aliphatic rings. The lowest BCUT2D eigenvalue weighted by Crippen LogP contribution is -2.56. The SMILES string of the molecule is O=C(CCc1ccccc1)N[C@H](NC(=S)Nc1ccc(N=Nc2ccccc2)cc1)C(Cl)(Cl)Cl. The van der Waals surface area contributed by atoms with Crippen LogP contribution in [0.2, 0.25) is 0 Å². The van der Waals surface area contributed by atoms with Crippen molar-refractivity contribution in [2.45, 2.75) is 22.8 Å². The second-order valence-electron chi connectivity index (χ2n) is 7.21. The molecule has 0 bridgehead atoms. The first-order chi connectivity index (χ1) is 16.3. The zero-order valence-electron chi connectivity index (χ0n) is 17.9. The van der Waals surface area contributed by atoms with Gasteiger partial charge in [-0.3, -0.25) is 4.79 Å². The van der Waals surface area contributed by atoms with E-state index >= 15 is 0 Å². The first-order valence-corrected chi connectivity index (χ1v) is 11.9. The second-order valence-corrected chi connectivity index (χ2v) is 9.99. The van der Waals surface area contributed by atoms with Gasteiger partial charge in [0.25, 0.3) is 0 Å². The van der Waals surface area contributed by atoms with Gasteiger partial charge < -0.3 is 16.0 Å². The molecule has 176 valence electrons. The van der Waals surface area contributed by atoms with Crippen LogP contribution < -0.4 is 16.0 Å². The number of carbonyl (C=O) groups excluding carboxylic acids is 1. The Morgan fingerprint density at radius 1 is 0.824 bits per heavy atom. The zero-order chi connectivity index (χ0) is 24.4. The first-order valence-electron chi connectivity index (χ1n) is 10.3. The lowest BCUT2D eigenvalue weighted by atomic mass is 10.1. The van der Waals surface area contributed by atoms with Crippen LogP contribution in [0.4, 0.5) is 17.1 Å². The topological polar surface area (TPSA) is 77.9 Å². The number of aryl methyl sites for hydroxylation is 1. The molecule has 1 atom stereocenters. The molecule has 0 aliphatic carbocycles. The molecule has 0 aromatic heterocycles. The van der Waals surface area contributed by atoms with Gasteiger partial charge in [-0.1, -0.05) is 83.3 Å². The monoisotopic (exact) mass is 533 g/mol. The number of nitrogens with one attached hydrogen (secondary N) is 3. The van der Waals surface area contributed by atoms with Crippen molar-refractivity contribution in [2.75, 3.05) is 5.32 Å². The van der Waals surface area contributed by atoms with Crippen molar-refractivity contribution in [3.63, 3.8) is 0 Å². The van der Waals surface area contributed by atoms with Crippen molar-refractivity contribution in [3.05, 3.63) is 90.5 Å². The molecule has 3 aromatic rings. The van der Waals surface area contributed by atoms with Gasteiger partial charge in [-0.2, -0.15) is 10.2 Å². The van der Waals surface area contributed by atoms with E-state index in [9.17, 15) is 4.79 Å². The summed E-state index contributed by atoms with van der Waals surface area (Å²) in [6.45, 7) is 0. The number of carbonyl (C=O) groups is 1. The summed E-state index contributed by atoms with van der Waals surface area (Å²) in [5, 5.41) is 17.1. The highest BCUT2D eigenvalue weighted by atomic mass is 35.6. The Morgan fingerprint density at radius 2 is 1.38 bits per heavy atom. The number of hydrogen-bond acceptors (Lipinski definition) is 4. The molecule has 0 aliphatic heterocycles. The van der Waals surface area contributed by atoms with Gasteiger partial charge in [-0.25, -0.2) is 0 Å². The van der Waals surface area contributed by atoms with E-state index in [1.165, 1.54) is 0 Å². The van der Waals surface area contributed by atoms with Crippen molar-refractivity contribution in [1.82, 2.24) is 10.6 Å². The van der Waals surface area contributed by atoms with E-state index in [-0.39, 0.29) is 17.4 Å². The van der Waals surface area contributed by atoms with Crippen LogP contribution in [-0.4, -0.2) is 21.0 Å². The summed E-state index contributed by atoms with van der Waals surface area (Å²) < 4.78 is -1.82. The minimum absolute atomic E-state index is 0.179. The highest BCUT2D eigenvalue weighted by molar-refractivity contribution is 7.80. The molecule has 0 radical (unpaired) electrons.